The van der Waals surface area contributed by atoms with Crippen LogP contribution in [0, 0.1) is 5.92 Å². The van der Waals surface area contributed by atoms with Crippen LogP contribution in [-0.4, -0.2) is 32.1 Å². The monoisotopic (exact) mass is 478 g/mol. The number of nitrogens with zero attached hydrogens (tertiary/aromatic N) is 3. The Morgan fingerprint density at radius 1 is 1.18 bits per heavy atom. The molecule has 2 atom stereocenters. The summed E-state index contributed by atoms with van der Waals surface area (Å²) >= 11 is -1.67. The Balaban J connectivity index is 1.61. The van der Waals surface area contributed by atoms with Gasteiger partial charge in [-0.2, -0.15) is 4.72 Å². The predicted octanol–water partition coefficient (Wildman–Crippen LogP) is 5.19. The van der Waals surface area contributed by atoms with Crippen molar-refractivity contribution >= 4 is 34.0 Å². The van der Waals surface area contributed by atoms with Crippen molar-refractivity contribution in [1.82, 2.24) is 14.3 Å². The zero-order valence-corrected chi connectivity index (χ0v) is 21.5. The fraction of sp³-hybridized carbons (Fsp3) is 0.481. The van der Waals surface area contributed by atoms with Crippen molar-refractivity contribution in [2.75, 3.05) is 11.4 Å². The topological polar surface area (TPSA) is 73.2 Å². The van der Waals surface area contributed by atoms with Crippen LogP contribution in [0.4, 0.5) is 5.82 Å². The first-order valence-electron chi connectivity index (χ1n) is 12.1. The highest BCUT2D eigenvalue weighted by Crippen LogP contribution is 2.40. The lowest BCUT2D eigenvalue weighted by molar-refractivity contribution is 0.0981. The molecule has 0 saturated carbocycles. The highest BCUT2D eigenvalue weighted by Gasteiger charge is 2.41. The van der Waals surface area contributed by atoms with E-state index >= 15 is 0 Å². The molecule has 34 heavy (non-hydrogen) atoms. The first-order valence-corrected chi connectivity index (χ1v) is 13.3. The van der Waals surface area contributed by atoms with Gasteiger partial charge in [-0.3, -0.25) is 4.79 Å². The number of fused-ring (bicyclic) bond motifs is 5. The number of aromatic nitrogens is 2. The van der Waals surface area contributed by atoms with Gasteiger partial charge in [0.1, 0.15) is 17.2 Å². The Kier molecular flexibility index (Phi) is 5.68. The van der Waals surface area contributed by atoms with Crippen molar-refractivity contribution in [3.63, 3.8) is 0 Å². The maximum absolute atomic E-state index is 13.4. The standard InChI is InChI=1S/C27H34N4O2S/c1-26(2,3)23-11-10-21-24(28-23)31-17-18(16-27(31,4)5)7-6-13-30-14-12-19-8-9-20(15-22(19)30)34(33)29-25(21)32/h8-12,14-15,18H,6-7,13,16-17H2,1-5H3,(H,29,32)/t18-,34?/m0/s1. The van der Waals surface area contributed by atoms with E-state index in [0.717, 1.165) is 48.9 Å². The van der Waals surface area contributed by atoms with Gasteiger partial charge in [-0.1, -0.05) is 20.8 Å². The summed E-state index contributed by atoms with van der Waals surface area (Å²) in [7, 11) is 0. The third-order valence-corrected chi connectivity index (χ3v) is 8.31. The van der Waals surface area contributed by atoms with E-state index in [-0.39, 0.29) is 16.9 Å². The zero-order valence-electron chi connectivity index (χ0n) is 20.7. The molecule has 2 aliphatic rings. The molecule has 1 aromatic carbocycles. The maximum atomic E-state index is 13.4. The molecule has 4 heterocycles. The molecule has 0 spiro atoms. The minimum absolute atomic E-state index is 0.121. The molecule has 3 aromatic rings. The summed E-state index contributed by atoms with van der Waals surface area (Å²) in [5, 5.41) is 1.12. The molecular weight excluding hydrogens is 444 g/mol. The second kappa shape index (κ2) is 8.31. The van der Waals surface area contributed by atoms with Crippen LogP contribution in [0.3, 0.4) is 0 Å². The van der Waals surface area contributed by atoms with Crippen LogP contribution in [-0.2, 0) is 23.3 Å². The van der Waals surface area contributed by atoms with E-state index in [0.29, 0.717) is 22.2 Å². The predicted molar refractivity (Wildman–Crippen MR) is 138 cm³/mol. The Morgan fingerprint density at radius 3 is 2.74 bits per heavy atom. The average Bonchev–Trinajstić information content (AvgIpc) is 3.31. The number of carbonyl (C=O) groups excluding carboxylic acids is 1. The quantitative estimate of drug-likeness (QED) is 0.452. The van der Waals surface area contributed by atoms with Gasteiger partial charge in [0.05, 0.1) is 11.1 Å². The van der Waals surface area contributed by atoms with Gasteiger partial charge in [-0.25, -0.2) is 4.98 Å². The number of amides is 1. The van der Waals surface area contributed by atoms with E-state index in [1.165, 1.54) is 0 Å². The molecule has 4 bridgehead atoms. The molecule has 2 aliphatic heterocycles. The molecule has 1 amide bonds. The summed E-state index contributed by atoms with van der Waals surface area (Å²) in [6.07, 6.45) is 5.35. The largest absolute Gasteiger partial charge is 0.588 e. The number of benzene rings is 1. The summed E-state index contributed by atoms with van der Waals surface area (Å²) in [6, 6.07) is 11.6. The molecule has 0 radical (unpaired) electrons. The highest BCUT2D eigenvalue weighted by molar-refractivity contribution is 7.90. The third-order valence-electron chi connectivity index (χ3n) is 7.26. The average molecular weight is 479 g/mol. The maximum Gasteiger partial charge on any atom is 0.296 e. The van der Waals surface area contributed by atoms with Gasteiger partial charge >= 0.3 is 0 Å². The number of hydrogen-bond donors (Lipinski definition) is 1. The molecule has 1 fully saturated rings. The van der Waals surface area contributed by atoms with Crippen LogP contribution in [0.25, 0.3) is 10.9 Å². The number of anilines is 1. The van der Waals surface area contributed by atoms with Crippen LogP contribution in [0.5, 0.6) is 0 Å². The van der Waals surface area contributed by atoms with Crippen LogP contribution in [0.15, 0.2) is 47.5 Å². The number of hydrogen-bond acceptors (Lipinski definition) is 4. The SMILES string of the molecule is CC(C)(C)c1ccc2c(n1)N1C[C@@H](CCCn3ccc4ccc(cc43)[S+]([O-])NC2=O)CC1(C)C. The first kappa shape index (κ1) is 23.2. The summed E-state index contributed by atoms with van der Waals surface area (Å²) in [4.78, 5) is 21.4. The number of pyridine rings is 1. The lowest BCUT2D eigenvalue weighted by Crippen LogP contribution is -2.41. The van der Waals surface area contributed by atoms with Gasteiger partial charge in [0.2, 0.25) is 0 Å². The lowest BCUT2D eigenvalue weighted by atomic mass is 9.91. The molecule has 1 N–H and O–H groups in total. The van der Waals surface area contributed by atoms with Gasteiger partial charge in [0.25, 0.3) is 5.91 Å². The molecule has 6 nitrogen and oxygen atoms in total. The van der Waals surface area contributed by atoms with Crippen molar-refractivity contribution in [2.24, 2.45) is 5.92 Å². The molecule has 1 saturated heterocycles. The van der Waals surface area contributed by atoms with E-state index in [1.54, 1.807) is 0 Å². The molecule has 0 aliphatic carbocycles. The summed E-state index contributed by atoms with van der Waals surface area (Å²) in [5.41, 5.74) is 2.22. The van der Waals surface area contributed by atoms with Crippen LogP contribution >= 0.6 is 0 Å². The van der Waals surface area contributed by atoms with Crippen molar-refractivity contribution < 1.29 is 9.35 Å². The Morgan fingerprint density at radius 2 is 1.97 bits per heavy atom. The second-order valence-corrected chi connectivity index (χ2v) is 12.6. The van der Waals surface area contributed by atoms with Crippen LogP contribution < -0.4 is 9.62 Å². The molecule has 1 unspecified atom stereocenters. The summed E-state index contributed by atoms with van der Waals surface area (Å²) < 4.78 is 18.2. The minimum Gasteiger partial charge on any atom is -0.588 e. The number of rotatable bonds is 0. The van der Waals surface area contributed by atoms with Gasteiger partial charge in [-0.05, 0) is 74.7 Å². The highest BCUT2D eigenvalue weighted by atomic mass is 32.2. The molecule has 180 valence electrons. The fourth-order valence-corrected chi connectivity index (χ4v) is 6.23. The summed E-state index contributed by atoms with van der Waals surface area (Å²) in [6.45, 7) is 12.7. The van der Waals surface area contributed by atoms with Crippen LogP contribution in [0.2, 0.25) is 0 Å². The van der Waals surface area contributed by atoms with E-state index in [4.69, 9.17) is 4.98 Å². The number of aryl methyl sites for hydroxylation is 1. The Bertz CT molecular complexity index is 1240. The van der Waals surface area contributed by atoms with Crippen molar-refractivity contribution in [1.29, 1.82) is 0 Å². The smallest absolute Gasteiger partial charge is 0.296 e. The normalized spacial score (nSPS) is 22.9. The van der Waals surface area contributed by atoms with Crippen molar-refractivity contribution in [3.8, 4) is 0 Å². The Hall–Kier alpha value is -2.51. The Labute approximate surface area is 205 Å². The lowest BCUT2D eigenvalue weighted by Gasteiger charge is -2.34. The molecular formula is C27H34N4O2S. The molecule has 5 rings (SSSR count). The second-order valence-electron chi connectivity index (χ2n) is 11.4. The molecule has 7 heteroatoms. The van der Waals surface area contributed by atoms with E-state index in [1.807, 2.05) is 30.3 Å². The van der Waals surface area contributed by atoms with Crippen molar-refractivity contribution in [3.05, 3.63) is 53.9 Å². The fourth-order valence-electron chi connectivity index (χ4n) is 5.42. The number of carbonyl (C=O) groups is 1. The van der Waals surface area contributed by atoms with E-state index in [9.17, 15) is 9.35 Å². The van der Waals surface area contributed by atoms with Crippen LogP contribution in [0.1, 0.15) is 69.9 Å². The van der Waals surface area contributed by atoms with Gasteiger partial charge in [0.15, 0.2) is 4.90 Å². The summed E-state index contributed by atoms with van der Waals surface area (Å²) in [5.74, 6) is 0.875. The van der Waals surface area contributed by atoms with Gasteiger partial charge in [0, 0.05) is 42.0 Å². The molecule has 2 aromatic heterocycles. The minimum atomic E-state index is -1.67. The zero-order chi connectivity index (χ0) is 24.3. The third kappa shape index (κ3) is 4.20. The van der Waals surface area contributed by atoms with E-state index in [2.05, 4.69) is 61.1 Å². The van der Waals surface area contributed by atoms with Gasteiger partial charge < -0.3 is 14.0 Å². The number of nitrogens with one attached hydrogen (secondary N) is 1. The first-order chi connectivity index (χ1) is 16.0. The van der Waals surface area contributed by atoms with Gasteiger partial charge in [-0.15, -0.1) is 0 Å². The van der Waals surface area contributed by atoms with Crippen molar-refractivity contribution in [2.45, 2.75) is 76.3 Å². The van der Waals surface area contributed by atoms with E-state index < -0.39 is 11.4 Å².